The van der Waals surface area contributed by atoms with Gasteiger partial charge in [0.1, 0.15) is 6.54 Å². The van der Waals surface area contributed by atoms with Crippen molar-refractivity contribution < 1.29 is 14.6 Å². The van der Waals surface area contributed by atoms with Crippen LogP contribution in [0.1, 0.15) is 35.8 Å². The van der Waals surface area contributed by atoms with Crippen LogP contribution in [0.2, 0.25) is 5.02 Å². The normalized spacial score (nSPS) is 20.3. The molecule has 0 saturated heterocycles. The maximum absolute atomic E-state index is 12.6. The summed E-state index contributed by atoms with van der Waals surface area (Å²) in [6.45, 7) is 3.74. The zero-order valence-corrected chi connectivity index (χ0v) is 15.8. The van der Waals surface area contributed by atoms with Crippen molar-refractivity contribution in [3.63, 3.8) is 0 Å². The van der Waals surface area contributed by atoms with Crippen molar-refractivity contribution in [2.75, 3.05) is 7.11 Å². The number of aryl methyl sites for hydroxylation is 1. The maximum Gasteiger partial charge on any atom is 0.242 e. The molecule has 7 nitrogen and oxygen atoms in total. The lowest BCUT2D eigenvalue weighted by Crippen LogP contribution is -2.42. The first kappa shape index (κ1) is 18.7. The number of pyridine rings is 1. The number of aliphatic hydroxyl groups is 1. The molecule has 0 radical (unpaired) electrons. The molecule has 0 aliphatic heterocycles. The summed E-state index contributed by atoms with van der Waals surface area (Å²) < 4.78 is 6.69. The molecule has 1 atom stereocenters. The Bertz CT molecular complexity index is 784. The molecule has 1 saturated carbocycles. The Labute approximate surface area is 157 Å². The lowest BCUT2D eigenvalue weighted by atomic mass is 9.75. The summed E-state index contributed by atoms with van der Waals surface area (Å²) in [6, 6.07) is 3.45. The maximum atomic E-state index is 12.6. The second-order valence-electron chi connectivity index (χ2n) is 6.71. The highest BCUT2D eigenvalue weighted by atomic mass is 35.5. The largest absolute Gasteiger partial charge is 0.481 e. The predicted molar refractivity (Wildman–Crippen MR) is 97.1 cm³/mol. The van der Waals surface area contributed by atoms with E-state index in [0.717, 1.165) is 11.3 Å². The Morgan fingerprint density at radius 1 is 1.46 bits per heavy atom. The number of carbonyl (C=O) groups excluding carboxylic acids is 1. The topological polar surface area (TPSA) is 89.3 Å². The number of hydrogen-bond acceptors (Lipinski definition) is 5. The minimum Gasteiger partial charge on any atom is -0.481 e. The van der Waals surface area contributed by atoms with Crippen LogP contribution < -0.4 is 10.1 Å². The molecule has 8 heteroatoms. The van der Waals surface area contributed by atoms with E-state index in [1.54, 1.807) is 24.1 Å². The van der Waals surface area contributed by atoms with Crippen LogP contribution in [0.4, 0.5) is 0 Å². The molecular weight excluding hydrogens is 356 g/mol. The fourth-order valence-electron chi connectivity index (χ4n) is 3.26. The molecule has 140 valence electrons. The van der Waals surface area contributed by atoms with Crippen LogP contribution in [-0.4, -0.2) is 39.0 Å². The first-order chi connectivity index (χ1) is 12.4. The zero-order chi connectivity index (χ0) is 18.8. The number of amides is 1. The number of carbonyl (C=O) groups is 1. The second kappa shape index (κ2) is 7.63. The van der Waals surface area contributed by atoms with Crippen molar-refractivity contribution in [3.05, 3.63) is 40.3 Å². The van der Waals surface area contributed by atoms with E-state index in [0.29, 0.717) is 29.4 Å². The molecule has 0 unspecified atom stereocenters. The number of nitrogens with one attached hydrogen (secondary N) is 1. The van der Waals surface area contributed by atoms with Gasteiger partial charge < -0.3 is 15.2 Å². The molecule has 0 bridgehead atoms. The van der Waals surface area contributed by atoms with E-state index in [1.165, 1.54) is 0 Å². The van der Waals surface area contributed by atoms with Crippen molar-refractivity contribution in [2.24, 2.45) is 5.92 Å². The molecule has 2 N–H and O–H groups in total. The van der Waals surface area contributed by atoms with Gasteiger partial charge in [0.15, 0.2) is 0 Å². The lowest BCUT2D eigenvalue weighted by Gasteiger charge is -2.38. The molecule has 2 heterocycles. The second-order valence-corrected chi connectivity index (χ2v) is 7.08. The third-order valence-corrected chi connectivity index (χ3v) is 5.40. The number of nitrogens with zero attached hydrogens (tertiary/aromatic N) is 3. The zero-order valence-electron chi connectivity index (χ0n) is 15.1. The van der Waals surface area contributed by atoms with Crippen molar-refractivity contribution in [3.8, 4) is 5.88 Å². The van der Waals surface area contributed by atoms with E-state index in [1.807, 2.05) is 19.9 Å². The third kappa shape index (κ3) is 3.83. The average molecular weight is 379 g/mol. The van der Waals surface area contributed by atoms with Gasteiger partial charge in [-0.15, -0.1) is 0 Å². The van der Waals surface area contributed by atoms with E-state index >= 15 is 0 Å². The van der Waals surface area contributed by atoms with Gasteiger partial charge in [-0.1, -0.05) is 17.7 Å². The number of hydrogen-bond donors (Lipinski definition) is 2. The minimum absolute atomic E-state index is 0.0920. The Kier molecular flexibility index (Phi) is 5.48. The molecule has 1 aliphatic rings. The number of aromatic nitrogens is 3. The average Bonchev–Trinajstić information content (AvgIpc) is 2.84. The van der Waals surface area contributed by atoms with Crippen LogP contribution >= 0.6 is 11.6 Å². The minimum atomic E-state index is -0.305. The molecule has 1 aliphatic carbocycles. The van der Waals surface area contributed by atoms with Crippen LogP contribution in [0, 0.1) is 19.8 Å². The number of ether oxygens (including phenoxy) is 1. The monoisotopic (exact) mass is 378 g/mol. The standard InChI is InChI=1S/C18H23ClN4O3/c1-10-17(19)11(2)23(22-10)9-15(25)21-18(13-6-14(24)7-13)12-4-5-16(26-3)20-8-12/h4-5,8,13-14,18,24H,6-7,9H2,1-3H3,(H,21,25)/t13?,14?,18-/m1/s1. The molecule has 1 amide bonds. The highest BCUT2D eigenvalue weighted by molar-refractivity contribution is 6.31. The van der Waals surface area contributed by atoms with Gasteiger partial charge in [0.05, 0.1) is 35.7 Å². The van der Waals surface area contributed by atoms with Gasteiger partial charge in [-0.25, -0.2) is 4.98 Å². The van der Waals surface area contributed by atoms with E-state index < -0.39 is 0 Å². The molecule has 0 aromatic carbocycles. The van der Waals surface area contributed by atoms with Gasteiger partial charge in [0, 0.05) is 12.3 Å². The fraction of sp³-hybridized carbons (Fsp3) is 0.500. The Morgan fingerprint density at radius 3 is 2.69 bits per heavy atom. The highest BCUT2D eigenvalue weighted by Gasteiger charge is 2.36. The summed E-state index contributed by atoms with van der Waals surface area (Å²) in [5.74, 6) is 0.535. The van der Waals surface area contributed by atoms with Crippen LogP contribution in [0.25, 0.3) is 0 Å². The lowest BCUT2D eigenvalue weighted by molar-refractivity contribution is -0.123. The number of halogens is 1. The van der Waals surface area contributed by atoms with E-state index in [-0.39, 0.29) is 30.5 Å². The third-order valence-electron chi connectivity index (χ3n) is 4.85. The number of rotatable bonds is 6. The highest BCUT2D eigenvalue weighted by Crippen LogP contribution is 2.38. The van der Waals surface area contributed by atoms with E-state index in [2.05, 4.69) is 15.4 Å². The summed E-state index contributed by atoms with van der Waals surface area (Å²) in [5.41, 5.74) is 2.36. The molecule has 0 spiro atoms. The number of aliphatic hydroxyl groups excluding tert-OH is 1. The van der Waals surface area contributed by atoms with Crippen molar-refractivity contribution in [2.45, 2.75) is 45.4 Å². The Hall–Kier alpha value is -2.12. The Balaban J connectivity index is 1.74. The van der Waals surface area contributed by atoms with Gasteiger partial charge in [0.2, 0.25) is 11.8 Å². The van der Waals surface area contributed by atoms with Crippen molar-refractivity contribution >= 4 is 17.5 Å². The molecule has 3 rings (SSSR count). The SMILES string of the molecule is COc1ccc([C@@H](NC(=O)Cn2nc(C)c(Cl)c2C)C2CC(O)C2)cn1. The summed E-state index contributed by atoms with van der Waals surface area (Å²) in [4.78, 5) is 16.8. The fourth-order valence-corrected chi connectivity index (χ4v) is 3.39. The summed E-state index contributed by atoms with van der Waals surface area (Å²) in [6.07, 6.45) is 2.71. The quantitative estimate of drug-likeness (QED) is 0.804. The van der Waals surface area contributed by atoms with Gasteiger partial charge in [-0.2, -0.15) is 5.10 Å². The predicted octanol–water partition coefficient (Wildman–Crippen LogP) is 2.19. The molecule has 2 aromatic rings. The van der Waals surface area contributed by atoms with Gasteiger partial charge in [0.25, 0.3) is 0 Å². The summed E-state index contributed by atoms with van der Waals surface area (Å²) in [7, 11) is 1.56. The molecule has 1 fully saturated rings. The van der Waals surface area contributed by atoms with Crippen LogP contribution in [0.5, 0.6) is 5.88 Å². The van der Waals surface area contributed by atoms with Gasteiger partial charge >= 0.3 is 0 Å². The molecular formula is C18H23ClN4O3. The van der Waals surface area contributed by atoms with Crippen LogP contribution in [-0.2, 0) is 11.3 Å². The number of methoxy groups -OCH3 is 1. The molecule has 26 heavy (non-hydrogen) atoms. The van der Waals surface area contributed by atoms with Gasteiger partial charge in [-0.05, 0) is 38.2 Å². The Morgan fingerprint density at radius 2 is 2.19 bits per heavy atom. The van der Waals surface area contributed by atoms with Crippen LogP contribution in [0.15, 0.2) is 18.3 Å². The smallest absolute Gasteiger partial charge is 0.242 e. The first-order valence-corrected chi connectivity index (χ1v) is 8.93. The van der Waals surface area contributed by atoms with Crippen molar-refractivity contribution in [1.82, 2.24) is 20.1 Å². The van der Waals surface area contributed by atoms with E-state index in [9.17, 15) is 9.90 Å². The summed E-state index contributed by atoms with van der Waals surface area (Å²) >= 11 is 6.15. The van der Waals surface area contributed by atoms with Crippen LogP contribution in [0.3, 0.4) is 0 Å². The van der Waals surface area contributed by atoms with Crippen molar-refractivity contribution in [1.29, 1.82) is 0 Å². The summed E-state index contributed by atoms with van der Waals surface area (Å²) in [5, 5.41) is 17.6. The first-order valence-electron chi connectivity index (χ1n) is 8.56. The van der Waals surface area contributed by atoms with E-state index in [4.69, 9.17) is 16.3 Å². The van der Waals surface area contributed by atoms with Gasteiger partial charge in [-0.3, -0.25) is 9.48 Å². The molecule has 2 aromatic heterocycles.